The van der Waals surface area contributed by atoms with Gasteiger partial charge >= 0.3 is 0 Å². The van der Waals surface area contributed by atoms with Crippen molar-refractivity contribution in [2.45, 2.75) is 12.2 Å². The van der Waals surface area contributed by atoms with Gasteiger partial charge < -0.3 is 15.1 Å². The molecule has 0 saturated carbocycles. The standard InChI is InChI=1S/C7H13NO3S/c1-12-4-7(11)8-2-5(9)6(10)3-8/h5-6,9-10H,2-4H2,1H3/t5-,6+. The van der Waals surface area contributed by atoms with Gasteiger partial charge in [0, 0.05) is 13.1 Å². The van der Waals surface area contributed by atoms with Gasteiger partial charge in [0.15, 0.2) is 0 Å². The number of aliphatic hydroxyl groups excluding tert-OH is 2. The van der Waals surface area contributed by atoms with Gasteiger partial charge in [-0.25, -0.2) is 0 Å². The first kappa shape index (κ1) is 9.83. The van der Waals surface area contributed by atoms with Gasteiger partial charge in [-0.15, -0.1) is 0 Å². The van der Waals surface area contributed by atoms with Crippen molar-refractivity contribution >= 4 is 17.7 Å². The summed E-state index contributed by atoms with van der Waals surface area (Å²) in [6.07, 6.45) is 0.312. The zero-order valence-corrected chi connectivity index (χ0v) is 7.75. The van der Waals surface area contributed by atoms with Crippen LogP contribution in [0.5, 0.6) is 0 Å². The molecule has 0 bridgehead atoms. The van der Waals surface area contributed by atoms with Gasteiger partial charge in [0.2, 0.25) is 5.91 Å². The summed E-state index contributed by atoms with van der Waals surface area (Å²) in [6.45, 7) is 0.529. The molecule has 0 aromatic rings. The SMILES string of the molecule is CSCC(=O)N1C[C@@H](O)[C@@H](O)C1. The van der Waals surface area contributed by atoms with Gasteiger partial charge in [0.1, 0.15) is 0 Å². The molecule has 0 aliphatic carbocycles. The summed E-state index contributed by atoms with van der Waals surface area (Å²) in [7, 11) is 0. The van der Waals surface area contributed by atoms with Crippen LogP contribution in [0.1, 0.15) is 0 Å². The number of nitrogens with zero attached hydrogens (tertiary/aromatic N) is 1. The monoisotopic (exact) mass is 191 g/mol. The van der Waals surface area contributed by atoms with Crippen LogP contribution in [0, 0.1) is 0 Å². The lowest BCUT2D eigenvalue weighted by Gasteiger charge is -2.13. The molecule has 0 aromatic carbocycles. The molecular weight excluding hydrogens is 178 g/mol. The lowest BCUT2D eigenvalue weighted by atomic mass is 10.3. The van der Waals surface area contributed by atoms with Gasteiger partial charge in [0.25, 0.3) is 0 Å². The molecule has 1 heterocycles. The Bertz CT molecular complexity index is 166. The zero-order valence-electron chi connectivity index (χ0n) is 6.93. The maximum absolute atomic E-state index is 11.2. The summed E-state index contributed by atoms with van der Waals surface area (Å²) in [4.78, 5) is 12.7. The Balaban J connectivity index is 2.40. The van der Waals surface area contributed by atoms with Crippen molar-refractivity contribution < 1.29 is 15.0 Å². The molecule has 0 unspecified atom stereocenters. The first-order valence-corrected chi connectivity index (χ1v) is 5.17. The molecule has 1 fully saturated rings. The first-order chi connectivity index (χ1) is 5.65. The number of hydrogen-bond donors (Lipinski definition) is 2. The van der Waals surface area contributed by atoms with E-state index in [1.54, 1.807) is 0 Å². The third kappa shape index (κ3) is 2.12. The molecule has 1 aliphatic rings. The number of rotatable bonds is 2. The Morgan fingerprint density at radius 2 is 2.00 bits per heavy atom. The van der Waals surface area contributed by atoms with Crippen LogP contribution in [0.25, 0.3) is 0 Å². The minimum atomic E-state index is -0.768. The van der Waals surface area contributed by atoms with Gasteiger partial charge in [-0.3, -0.25) is 4.79 Å². The molecule has 1 aliphatic heterocycles. The summed E-state index contributed by atoms with van der Waals surface area (Å²) >= 11 is 1.44. The number of carbonyl (C=O) groups is 1. The number of β-amino-alcohol motifs (C(OH)–C–C–N with tert-alkyl or cyclic N) is 2. The Morgan fingerprint density at radius 1 is 1.50 bits per heavy atom. The normalized spacial score (nSPS) is 29.4. The highest BCUT2D eigenvalue weighted by Gasteiger charge is 2.31. The van der Waals surface area contributed by atoms with Crippen molar-refractivity contribution in [3.8, 4) is 0 Å². The van der Waals surface area contributed by atoms with Crippen LogP contribution in [0.2, 0.25) is 0 Å². The van der Waals surface area contributed by atoms with E-state index in [4.69, 9.17) is 10.2 Å². The number of thioether (sulfide) groups is 1. The van der Waals surface area contributed by atoms with E-state index in [1.807, 2.05) is 6.26 Å². The Hall–Kier alpha value is -0.260. The highest BCUT2D eigenvalue weighted by Crippen LogP contribution is 2.11. The number of likely N-dealkylation sites (tertiary alicyclic amines) is 1. The van der Waals surface area contributed by atoms with E-state index in [1.165, 1.54) is 16.7 Å². The average molecular weight is 191 g/mol. The molecule has 0 aromatic heterocycles. The number of aliphatic hydroxyl groups is 2. The van der Waals surface area contributed by atoms with E-state index < -0.39 is 12.2 Å². The van der Waals surface area contributed by atoms with E-state index in [9.17, 15) is 4.79 Å². The highest BCUT2D eigenvalue weighted by molar-refractivity contribution is 7.99. The lowest BCUT2D eigenvalue weighted by molar-refractivity contribution is -0.127. The largest absolute Gasteiger partial charge is 0.388 e. The van der Waals surface area contributed by atoms with Crippen molar-refractivity contribution in [1.82, 2.24) is 4.90 Å². The van der Waals surface area contributed by atoms with Crippen LogP contribution in [-0.4, -0.2) is 58.3 Å². The zero-order chi connectivity index (χ0) is 9.14. The molecule has 12 heavy (non-hydrogen) atoms. The minimum Gasteiger partial charge on any atom is -0.388 e. The fourth-order valence-corrected chi connectivity index (χ4v) is 1.62. The summed E-state index contributed by atoms with van der Waals surface area (Å²) in [6, 6.07) is 0. The molecule has 1 amide bonds. The van der Waals surface area contributed by atoms with Gasteiger partial charge in [-0.05, 0) is 6.26 Å². The van der Waals surface area contributed by atoms with E-state index >= 15 is 0 Å². The van der Waals surface area contributed by atoms with Gasteiger partial charge in [-0.2, -0.15) is 11.8 Å². The maximum Gasteiger partial charge on any atom is 0.232 e. The number of amides is 1. The average Bonchev–Trinajstić information content (AvgIpc) is 2.33. The van der Waals surface area contributed by atoms with Crippen LogP contribution in [0.15, 0.2) is 0 Å². The molecule has 0 radical (unpaired) electrons. The fourth-order valence-electron chi connectivity index (χ4n) is 1.19. The second kappa shape index (κ2) is 4.11. The van der Waals surface area contributed by atoms with Gasteiger partial charge in [0.05, 0.1) is 18.0 Å². The van der Waals surface area contributed by atoms with Crippen LogP contribution < -0.4 is 0 Å². The topological polar surface area (TPSA) is 60.8 Å². The smallest absolute Gasteiger partial charge is 0.232 e. The summed E-state index contributed by atoms with van der Waals surface area (Å²) in [5, 5.41) is 18.3. The maximum atomic E-state index is 11.2. The Labute approximate surface area is 75.6 Å². The second-order valence-electron chi connectivity index (χ2n) is 2.87. The predicted molar refractivity (Wildman–Crippen MR) is 47.0 cm³/mol. The predicted octanol–water partition coefficient (Wildman–Crippen LogP) is -1.09. The van der Waals surface area contributed by atoms with Crippen molar-refractivity contribution in [1.29, 1.82) is 0 Å². The van der Waals surface area contributed by atoms with E-state index in [0.29, 0.717) is 5.75 Å². The summed E-state index contributed by atoms with van der Waals surface area (Å²) in [5.41, 5.74) is 0. The van der Waals surface area contributed by atoms with Crippen LogP contribution in [0.4, 0.5) is 0 Å². The molecule has 4 nitrogen and oxygen atoms in total. The molecule has 2 atom stereocenters. The van der Waals surface area contributed by atoms with Crippen molar-refractivity contribution in [2.75, 3.05) is 25.1 Å². The molecule has 70 valence electrons. The molecular formula is C7H13NO3S. The quantitative estimate of drug-likeness (QED) is 0.582. The third-order valence-corrected chi connectivity index (χ3v) is 2.42. The van der Waals surface area contributed by atoms with Gasteiger partial charge in [-0.1, -0.05) is 0 Å². The van der Waals surface area contributed by atoms with E-state index in [2.05, 4.69) is 0 Å². The van der Waals surface area contributed by atoms with Crippen LogP contribution >= 0.6 is 11.8 Å². The minimum absolute atomic E-state index is 0.0156. The van der Waals surface area contributed by atoms with E-state index in [-0.39, 0.29) is 19.0 Å². The number of hydrogen-bond acceptors (Lipinski definition) is 4. The fraction of sp³-hybridized carbons (Fsp3) is 0.857. The molecule has 0 spiro atoms. The molecule has 1 saturated heterocycles. The Morgan fingerprint density at radius 3 is 2.42 bits per heavy atom. The number of carbonyl (C=O) groups excluding carboxylic acids is 1. The summed E-state index contributed by atoms with van der Waals surface area (Å²) in [5.74, 6) is 0.400. The van der Waals surface area contributed by atoms with Crippen LogP contribution in [0.3, 0.4) is 0 Å². The van der Waals surface area contributed by atoms with Crippen molar-refractivity contribution in [2.24, 2.45) is 0 Å². The highest BCUT2D eigenvalue weighted by atomic mass is 32.2. The van der Waals surface area contributed by atoms with Crippen molar-refractivity contribution in [3.05, 3.63) is 0 Å². The molecule has 1 rings (SSSR count). The first-order valence-electron chi connectivity index (χ1n) is 3.78. The van der Waals surface area contributed by atoms with E-state index in [0.717, 1.165) is 0 Å². The Kier molecular flexibility index (Phi) is 3.37. The third-order valence-electron chi connectivity index (χ3n) is 1.88. The summed E-state index contributed by atoms with van der Waals surface area (Å²) < 4.78 is 0. The molecule has 2 N–H and O–H groups in total. The second-order valence-corrected chi connectivity index (χ2v) is 3.73. The lowest BCUT2D eigenvalue weighted by Crippen LogP contribution is -2.31. The van der Waals surface area contributed by atoms with Crippen LogP contribution in [-0.2, 0) is 4.79 Å². The van der Waals surface area contributed by atoms with Crippen molar-refractivity contribution in [3.63, 3.8) is 0 Å². The molecule has 5 heteroatoms.